The van der Waals surface area contributed by atoms with Gasteiger partial charge in [-0.15, -0.1) is 22.7 Å². The number of benzene rings is 2. The molecule has 0 aliphatic carbocycles. The van der Waals surface area contributed by atoms with E-state index in [1.54, 1.807) is 35.6 Å². The van der Waals surface area contributed by atoms with Crippen LogP contribution >= 0.6 is 22.7 Å². The van der Waals surface area contributed by atoms with Crippen LogP contribution in [0.5, 0.6) is 5.75 Å². The van der Waals surface area contributed by atoms with Crippen LogP contribution in [-0.2, 0) is 6.61 Å². The summed E-state index contributed by atoms with van der Waals surface area (Å²) in [6, 6.07) is 21.1. The van der Waals surface area contributed by atoms with Crippen LogP contribution in [0.4, 0.5) is 5.13 Å². The van der Waals surface area contributed by atoms with Gasteiger partial charge < -0.3 is 4.74 Å². The quantitative estimate of drug-likeness (QED) is 0.458. The highest BCUT2D eigenvalue weighted by Gasteiger charge is 2.10. The van der Waals surface area contributed by atoms with Gasteiger partial charge in [0.25, 0.3) is 5.91 Å². The minimum atomic E-state index is -0.184. The van der Waals surface area contributed by atoms with Crippen LogP contribution < -0.4 is 10.1 Å². The van der Waals surface area contributed by atoms with Crippen molar-refractivity contribution in [2.45, 2.75) is 6.61 Å². The Balaban J connectivity index is 1.36. The number of thiazole rings is 1. The molecule has 27 heavy (non-hydrogen) atoms. The van der Waals surface area contributed by atoms with Gasteiger partial charge in [0.15, 0.2) is 5.13 Å². The molecule has 0 spiro atoms. The van der Waals surface area contributed by atoms with Gasteiger partial charge in [-0.1, -0.05) is 36.4 Å². The van der Waals surface area contributed by atoms with Crippen LogP contribution in [0.2, 0.25) is 0 Å². The summed E-state index contributed by atoms with van der Waals surface area (Å²) in [4.78, 5) is 18.0. The Morgan fingerprint density at radius 1 is 0.963 bits per heavy atom. The fourth-order valence-corrected chi connectivity index (χ4v) is 3.95. The van der Waals surface area contributed by atoms with E-state index in [1.165, 1.54) is 11.3 Å². The molecule has 6 heteroatoms. The molecule has 4 aromatic rings. The summed E-state index contributed by atoms with van der Waals surface area (Å²) in [6.07, 6.45) is 0. The zero-order valence-corrected chi connectivity index (χ0v) is 15.9. The molecule has 0 atom stereocenters. The summed E-state index contributed by atoms with van der Waals surface area (Å²) < 4.78 is 5.75. The third-order valence-electron chi connectivity index (χ3n) is 3.86. The number of aromatic nitrogens is 1. The Morgan fingerprint density at radius 2 is 1.78 bits per heavy atom. The Hall–Kier alpha value is -2.96. The van der Waals surface area contributed by atoms with Crippen molar-refractivity contribution >= 4 is 33.7 Å². The van der Waals surface area contributed by atoms with Gasteiger partial charge in [0, 0.05) is 10.9 Å². The topological polar surface area (TPSA) is 51.2 Å². The normalized spacial score (nSPS) is 10.5. The predicted octanol–water partition coefficient (Wildman–Crippen LogP) is 5.70. The molecule has 0 aliphatic heterocycles. The highest BCUT2D eigenvalue weighted by atomic mass is 32.1. The van der Waals surface area contributed by atoms with Crippen LogP contribution in [0, 0.1) is 0 Å². The lowest BCUT2D eigenvalue weighted by Crippen LogP contribution is -2.11. The van der Waals surface area contributed by atoms with Crippen molar-refractivity contribution in [3.8, 4) is 16.3 Å². The molecular weight excluding hydrogens is 376 g/mol. The number of thiophene rings is 1. The molecule has 0 fully saturated rings. The Kier molecular flexibility index (Phi) is 5.27. The van der Waals surface area contributed by atoms with Crippen molar-refractivity contribution in [1.82, 2.24) is 4.98 Å². The molecule has 0 bridgehead atoms. The van der Waals surface area contributed by atoms with Crippen molar-refractivity contribution < 1.29 is 9.53 Å². The van der Waals surface area contributed by atoms with E-state index >= 15 is 0 Å². The zero-order valence-electron chi connectivity index (χ0n) is 14.3. The minimum absolute atomic E-state index is 0.184. The molecule has 0 radical (unpaired) electrons. The second-order valence-electron chi connectivity index (χ2n) is 5.77. The zero-order chi connectivity index (χ0) is 18.5. The lowest BCUT2D eigenvalue weighted by atomic mass is 10.2. The summed E-state index contributed by atoms with van der Waals surface area (Å²) in [5.41, 5.74) is 2.55. The standard InChI is InChI=1S/C21H16N2O2S2/c24-20(23-21-22-18(14-27-21)19-7-4-12-26-19)16-8-10-17(11-9-16)25-13-15-5-2-1-3-6-15/h1-12,14H,13H2,(H,22,23,24). The number of carbonyl (C=O) groups is 1. The molecule has 1 N–H and O–H groups in total. The van der Waals surface area contributed by atoms with E-state index in [0.717, 1.165) is 21.9 Å². The molecule has 2 aromatic carbocycles. The van der Waals surface area contributed by atoms with Crippen LogP contribution in [0.1, 0.15) is 15.9 Å². The van der Waals surface area contributed by atoms with Crippen LogP contribution in [0.3, 0.4) is 0 Å². The van der Waals surface area contributed by atoms with E-state index in [9.17, 15) is 4.79 Å². The maximum atomic E-state index is 12.4. The lowest BCUT2D eigenvalue weighted by molar-refractivity contribution is 0.102. The van der Waals surface area contributed by atoms with Crippen LogP contribution in [-0.4, -0.2) is 10.9 Å². The van der Waals surface area contributed by atoms with E-state index in [0.29, 0.717) is 17.3 Å². The van der Waals surface area contributed by atoms with Crippen molar-refractivity contribution in [2.75, 3.05) is 5.32 Å². The number of anilines is 1. The smallest absolute Gasteiger partial charge is 0.257 e. The highest BCUT2D eigenvalue weighted by molar-refractivity contribution is 7.16. The summed E-state index contributed by atoms with van der Waals surface area (Å²) >= 11 is 3.05. The van der Waals surface area contributed by atoms with Crippen LogP contribution in [0.25, 0.3) is 10.6 Å². The lowest BCUT2D eigenvalue weighted by Gasteiger charge is -2.07. The summed E-state index contributed by atoms with van der Waals surface area (Å²) in [7, 11) is 0. The molecule has 2 aromatic heterocycles. The van der Waals surface area contributed by atoms with Gasteiger partial charge >= 0.3 is 0 Å². The second-order valence-corrected chi connectivity index (χ2v) is 7.57. The van der Waals surface area contributed by atoms with Crippen molar-refractivity contribution in [3.05, 3.63) is 88.6 Å². The van der Waals surface area contributed by atoms with Gasteiger partial charge in [-0.3, -0.25) is 10.1 Å². The van der Waals surface area contributed by atoms with E-state index in [4.69, 9.17) is 4.74 Å². The van der Waals surface area contributed by atoms with Crippen molar-refractivity contribution in [1.29, 1.82) is 0 Å². The highest BCUT2D eigenvalue weighted by Crippen LogP contribution is 2.28. The summed E-state index contributed by atoms with van der Waals surface area (Å²) in [5.74, 6) is 0.543. The first kappa shape index (κ1) is 17.5. The number of hydrogen-bond acceptors (Lipinski definition) is 5. The predicted molar refractivity (Wildman–Crippen MR) is 111 cm³/mol. The Morgan fingerprint density at radius 3 is 2.52 bits per heavy atom. The molecule has 1 amide bonds. The number of amides is 1. The van der Waals surface area contributed by atoms with E-state index in [1.807, 2.05) is 53.2 Å². The number of ether oxygens (including phenoxy) is 1. The third-order valence-corrected chi connectivity index (χ3v) is 5.51. The SMILES string of the molecule is O=C(Nc1nc(-c2cccs2)cs1)c1ccc(OCc2ccccc2)cc1. The monoisotopic (exact) mass is 392 g/mol. The first-order valence-electron chi connectivity index (χ1n) is 8.35. The molecular formula is C21H16N2O2S2. The van der Waals surface area contributed by atoms with Gasteiger partial charge in [-0.05, 0) is 41.3 Å². The van der Waals surface area contributed by atoms with E-state index < -0.39 is 0 Å². The first-order valence-corrected chi connectivity index (χ1v) is 10.1. The minimum Gasteiger partial charge on any atom is -0.489 e. The first-order chi connectivity index (χ1) is 13.3. The molecule has 0 saturated carbocycles. The fourth-order valence-electron chi connectivity index (χ4n) is 2.48. The Labute approximate surface area is 165 Å². The maximum absolute atomic E-state index is 12.4. The van der Waals surface area contributed by atoms with Gasteiger partial charge in [0.1, 0.15) is 12.4 Å². The number of carbonyl (C=O) groups excluding carboxylic acids is 1. The molecule has 134 valence electrons. The van der Waals surface area contributed by atoms with Gasteiger partial charge in [-0.25, -0.2) is 4.98 Å². The van der Waals surface area contributed by atoms with Gasteiger partial charge in [0.05, 0.1) is 10.6 Å². The third kappa shape index (κ3) is 4.42. The molecule has 0 unspecified atom stereocenters. The summed E-state index contributed by atoms with van der Waals surface area (Å²) in [6.45, 7) is 0.497. The molecule has 4 nitrogen and oxygen atoms in total. The Bertz CT molecular complexity index is 1010. The van der Waals surface area contributed by atoms with Crippen molar-refractivity contribution in [3.63, 3.8) is 0 Å². The number of rotatable bonds is 6. The maximum Gasteiger partial charge on any atom is 0.257 e. The average Bonchev–Trinajstić information content (AvgIpc) is 3.39. The van der Waals surface area contributed by atoms with Gasteiger partial charge in [-0.2, -0.15) is 0 Å². The number of nitrogens with one attached hydrogen (secondary N) is 1. The largest absolute Gasteiger partial charge is 0.489 e. The fraction of sp³-hybridized carbons (Fsp3) is 0.0476. The average molecular weight is 393 g/mol. The number of nitrogens with zero attached hydrogens (tertiary/aromatic N) is 1. The number of hydrogen-bond donors (Lipinski definition) is 1. The van der Waals surface area contributed by atoms with Gasteiger partial charge in [0.2, 0.25) is 0 Å². The molecule has 0 aliphatic rings. The van der Waals surface area contributed by atoms with Crippen molar-refractivity contribution in [2.24, 2.45) is 0 Å². The summed E-state index contributed by atoms with van der Waals surface area (Å²) in [5, 5.41) is 7.40. The molecule has 4 rings (SSSR count). The van der Waals surface area contributed by atoms with E-state index in [-0.39, 0.29) is 5.91 Å². The second kappa shape index (κ2) is 8.16. The molecule has 2 heterocycles. The molecule has 0 saturated heterocycles. The van der Waals surface area contributed by atoms with Crippen LogP contribution in [0.15, 0.2) is 77.5 Å². The van der Waals surface area contributed by atoms with E-state index in [2.05, 4.69) is 10.3 Å².